The van der Waals surface area contributed by atoms with E-state index < -0.39 is 5.97 Å². The molecule has 3 heteroatoms. The van der Waals surface area contributed by atoms with Gasteiger partial charge in [-0.2, -0.15) is 0 Å². The fraction of sp³-hybridized carbons (Fsp3) is 0.714. The summed E-state index contributed by atoms with van der Waals surface area (Å²) in [4.78, 5) is 13.9. The summed E-state index contributed by atoms with van der Waals surface area (Å²) < 4.78 is 0. The van der Waals surface area contributed by atoms with Gasteiger partial charge in [0.1, 0.15) is 0 Å². The Balaban J connectivity index is 3.85. The van der Waals surface area contributed by atoms with Crippen LogP contribution in [0.5, 0.6) is 0 Å². The van der Waals surface area contributed by atoms with Crippen molar-refractivity contribution in [3.8, 4) is 0 Å². The van der Waals surface area contributed by atoms with E-state index in [-0.39, 0.29) is 11.8 Å². The lowest BCUT2D eigenvalue weighted by molar-refractivity contribution is -0.139. The molecule has 0 radical (unpaired) electrons. The van der Waals surface area contributed by atoms with E-state index in [1.165, 1.54) is 0 Å². The lowest BCUT2D eigenvalue weighted by Crippen LogP contribution is -2.19. The molecule has 0 unspecified atom stereocenters. The number of carbonyl (C=O) groups is 1. The summed E-state index contributed by atoms with van der Waals surface area (Å²) in [6.07, 6.45) is 0.145. The predicted molar refractivity (Wildman–Crippen MR) is 40.4 cm³/mol. The molecule has 3 nitrogen and oxygen atoms in total. The Hall–Kier alpha value is -0.860. The van der Waals surface area contributed by atoms with Gasteiger partial charge < -0.3 is 10.1 Å². The van der Waals surface area contributed by atoms with Gasteiger partial charge in [0.2, 0.25) is 0 Å². The van der Waals surface area contributed by atoms with Crippen molar-refractivity contribution in [1.82, 2.24) is 0 Å². The Morgan fingerprint density at radius 2 is 2.20 bits per heavy atom. The number of rotatable bonds is 4. The van der Waals surface area contributed by atoms with Crippen LogP contribution in [0.25, 0.3) is 0 Å². The summed E-state index contributed by atoms with van der Waals surface area (Å²) in [5.41, 5.74) is -0.256. The first kappa shape index (κ1) is 9.14. The molecule has 0 spiro atoms. The van der Waals surface area contributed by atoms with Crippen LogP contribution < -0.4 is 0 Å². The molecule has 0 aromatic heterocycles. The number of nitrogens with zero attached hydrogens (tertiary/aromatic N) is 1. The van der Waals surface area contributed by atoms with Gasteiger partial charge in [0.25, 0.3) is 0 Å². The lowest BCUT2D eigenvalue weighted by atomic mass is 9.90. The van der Waals surface area contributed by atoms with Crippen molar-refractivity contribution in [2.75, 3.05) is 6.54 Å². The highest BCUT2D eigenvalue weighted by atomic mass is 16.4. The molecule has 0 aromatic rings. The lowest BCUT2D eigenvalue weighted by Gasteiger charge is -2.18. The summed E-state index contributed by atoms with van der Waals surface area (Å²) in [6.45, 7) is 7.52. The number of hydrogen-bond donors (Lipinski definition) is 1. The minimum absolute atomic E-state index is 0.145. The molecule has 1 N–H and O–H groups in total. The molecule has 0 aliphatic heterocycles. The van der Waals surface area contributed by atoms with Crippen molar-refractivity contribution >= 4 is 12.7 Å². The van der Waals surface area contributed by atoms with Gasteiger partial charge in [0.05, 0.1) is 6.42 Å². The third kappa shape index (κ3) is 4.06. The number of carboxylic acid groups (broad SMARTS) is 1. The number of aliphatic carboxylic acids is 1. The van der Waals surface area contributed by atoms with Gasteiger partial charge in [0.15, 0.2) is 0 Å². The molecule has 0 bridgehead atoms. The number of carboxylic acids is 1. The van der Waals surface area contributed by atoms with Gasteiger partial charge >= 0.3 is 5.97 Å². The maximum absolute atomic E-state index is 10.2. The van der Waals surface area contributed by atoms with E-state index >= 15 is 0 Å². The van der Waals surface area contributed by atoms with Crippen LogP contribution in [0, 0.1) is 5.41 Å². The van der Waals surface area contributed by atoms with Crippen LogP contribution >= 0.6 is 0 Å². The third-order valence-corrected chi connectivity index (χ3v) is 1.17. The smallest absolute Gasteiger partial charge is 0.303 e. The van der Waals surface area contributed by atoms with E-state index in [4.69, 9.17) is 5.11 Å². The quantitative estimate of drug-likeness (QED) is 0.601. The van der Waals surface area contributed by atoms with E-state index in [0.717, 1.165) is 0 Å². The van der Waals surface area contributed by atoms with Crippen molar-refractivity contribution in [1.29, 1.82) is 0 Å². The molecule has 0 rings (SSSR count). The van der Waals surface area contributed by atoms with E-state index in [1.807, 2.05) is 13.8 Å². The Kier molecular flexibility index (Phi) is 3.06. The maximum Gasteiger partial charge on any atom is 0.303 e. The molecule has 0 aliphatic rings. The summed E-state index contributed by atoms with van der Waals surface area (Å²) in [5.74, 6) is -0.784. The van der Waals surface area contributed by atoms with Crippen molar-refractivity contribution < 1.29 is 9.90 Å². The zero-order valence-electron chi connectivity index (χ0n) is 6.42. The fourth-order valence-electron chi connectivity index (χ4n) is 0.768. The van der Waals surface area contributed by atoms with Crippen LogP contribution in [0.1, 0.15) is 20.3 Å². The highest BCUT2D eigenvalue weighted by Gasteiger charge is 2.20. The van der Waals surface area contributed by atoms with Crippen molar-refractivity contribution in [2.45, 2.75) is 20.3 Å². The normalized spacial score (nSPS) is 11.0. The summed E-state index contributed by atoms with van der Waals surface area (Å²) in [5, 5.41) is 8.41. The fourth-order valence-corrected chi connectivity index (χ4v) is 0.768. The Labute approximate surface area is 60.8 Å². The zero-order chi connectivity index (χ0) is 8.20. The van der Waals surface area contributed by atoms with Crippen LogP contribution in [-0.2, 0) is 4.79 Å². The maximum atomic E-state index is 10.2. The highest BCUT2D eigenvalue weighted by molar-refractivity contribution is 5.67. The minimum Gasteiger partial charge on any atom is -0.481 e. The molecular formula is C7H13NO2. The molecule has 0 aromatic carbocycles. The van der Waals surface area contributed by atoms with E-state index in [0.29, 0.717) is 6.54 Å². The number of aliphatic imine (C=N–C) groups is 1. The second-order valence-corrected chi connectivity index (χ2v) is 3.12. The Morgan fingerprint density at radius 1 is 1.70 bits per heavy atom. The first-order valence-electron chi connectivity index (χ1n) is 3.12. The Morgan fingerprint density at radius 3 is 2.50 bits per heavy atom. The average Bonchev–Trinajstić information content (AvgIpc) is 1.59. The van der Waals surface area contributed by atoms with Crippen LogP contribution in [0.2, 0.25) is 0 Å². The van der Waals surface area contributed by atoms with Crippen molar-refractivity contribution in [3.05, 3.63) is 0 Å². The minimum atomic E-state index is -0.784. The van der Waals surface area contributed by atoms with E-state index in [1.54, 1.807) is 0 Å². The van der Waals surface area contributed by atoms with Crippen molar-refractivity contribution in [2.24, 2.45) is 10.4 Å². The number of hydrogen-bond acceptors (Lipinski definition) is 2. The second kappa shape index (κ2) is 3.34. The summed E-state index contributed by atoms with van der Waals surface area (Å²) in [7, 11) is 0. The van der Waals surface area contributed by atoms with Gasteiger partial charge in [-0.3, -0.25) is 4.79 Å². The SMILES string of the molecule is C=NCC(C)(C)CC(=O)O. The summed E-state index contributed by atoms with van der Waals surface area (Å²) in [6, 6.07) is 0. The summed E-state index contributed by atoms with van der Waals surface area (Å²) >= 11 is 0. The molecule has 10 heavy (non-hydrogen) atoms. The van der Waals surface area contributed by atoms with Crippen LogP contribution in [-0.4, -0.2) is 24.3 Å². The van der Waals surface area contributed by atoms with Crippen LogP contribution in [0.3, 0.4) is 0 Å². The van der Waals surface area contributed by atoms with Gasteiger partial charge in [-0.15, -0.1) is 0 Å². The van der Waals surface area contributed by atoms with Crippen LogP contribution in [0.4, 0.5) is 0 Å². The molecule has 0 atom stereocenters. The standard InChI is InChI=1S/C7H13NO2/c1-7(2,5-8-3)4-6(9)10/h3-5H2,1-2H3,(H,9,10). The van der Waals surface area contributed by atoms with E-state index in [2.05, 4.69) is 11.7 Å². The monoisotopic (exact) mass is 143 g/mol. The largest absolute Gasteiger partial charge is 0.481 e. The van der Waals surface area contributed by atoms with Gasteiger partial charge in [0, 0.05) is 6.54 Å². The van der Waals surface area contributed by atoms with Gasteiger partial charge in [-0.1, -0.05) is 13.8 Å². The van der Waals surface area contributed by atoms with Gasteiger partial charge in [-0.25, -0.2) is 0 Å². The average molecular weight is 143 g/mol. The molecule has 0 aliphatic carbocycles. The van der Waals surface area contributed by atoms with Crippen LogP contribution in [0.15, 0.2) is 4.99 Å². The topological polar surface area (TPSA) is 49.7 Å². The first-order valence-corrected chi connectivity index (χ1v) is 3.12. The Bertz CT molecular complexity index is 141. The highest BCUT2D eigenvalue weighted by Crippen LogP contribution is 2.19. The second-order valence-electron chi connectivity index (χ2n) is 3.12. The molecule has 0 amide bonds. The van der Waals surface area contributed by atoms with Crippen molar-refractivity contribution in [3.63, 3.8) is 0 Å². The zero-order valence-corrected chi connectivity index (χ0v) is 6.42. The molecule has 0 fully saturated rings. The molecule has 0 saturated heterocycles. The molecular weight excluding hydrogens is 130 g/mol. The molecule has 58 valence electrons. The predicted octanol–water partition coefficient (Wildman–Crippen LogP) is 1.19. The van der Waals surface area contributed by atoms with Gasteiger partial charge in [-0.05, 0) is 12.1 Å². The molecule has 0 heterocycles. The molecule has 0 saturated carbocycles. The first-order chi connectivity index (χ1) is 4.48. The third-order valence-electron chi connectivity index (χ3n) is 1.17. The van der Waals surface area contributed by atoms with E-state index in [9.17, 15) is 4.79 Å².